The van der Waals surface area contributed by atoms with Crippen LogP contribution in [0.4, 0.5) is 0 Å². The molecule has 1 aromatic rings. The van der Waals surface area contributed by atoms with E-state index in [-0.39, 0.29) is 0 Å². The van der Waals surface area contributed by atoms with Gasteiger partial charge in [-0.2, -0.15) is 0 Å². The molecule has 0 aromatic carbocycles. The Morgan fingerprint density at radius 2 is 2.46 bits per heavy atom. The number of hydrogen-bond donors (Lipinski definition) is 1. The van der Waals surface area contributed by atoms with Crippen LogP contribution in [0.2, 0.25) is 0 Å². The molecule has 13 heavy (non-hydrogen) atoms. The summed E-state index contributed by atoms with van der Waals surface area (Å²) in [5.41, 5.74) is 1.10. The lowest BCUT2D eigenvalue weighted by Crippen LogP contribution is -2.23. The third-order valence-corrected chi connectivity index (χ3v) is 2.87. The Morgan fingerprint density at radius 3 is 2.92 bits per heavy atom. The first-order valence-corrected chi connectivity index (χ1v) is 4.82. The van der Waals surface area contributed by atoms with Crippen molar-refractivity contribution in [1.82, 2.24) is 0 Å². The second-order valence-electron chi connectivity index (χ2n) is 2.77. The summed E-state index contributed by atoms with van der Waals surface area (Å²) in [7, 11) is 1.27. The fourth-order valence-electron chi connectivity index (χ4n) is 1.01. The zero-order chi connectivity index (χ0) is 9.84. The van der Waals surface area contributed by atoms with Gasteiger partial charge >= 0.3 is 5.97 Å². The second-order valence-corrected chi connectivity index (χ2v) is 3.77. The smallest absolute Gasteiger partial charge is 0.335 e. The second kappa shape index (κ2) is 4.39. The van der Waals surface area contributed by atoms with Gasteiger partial charge in [0.25, 0.3) is 0 Å². The standard InChI is InChI=1S/C9H12O3S/c1-6-3-4-13-8(6)5-7(10)9(11)12-2/h3-4,7,10H,5H2,1-2H3. The number of aliphatic hydroxyl groups is 1. The molecule has 0 bridgehead atoms. The van der Waals surface area contributed by atoms with Gasteiger partial charge in [0.05, 0.1) is 7.11 Å². The number of methoxy groups -OCH3 is 1. The van der Waals surface area contributed by atoms with Gasteiger partial charge in [-0.1, -0.05) is 0 Å². The highest BCUT2D eigenvalue weighted by Crippen LogP contribution is 2.17. The summed E-state index contributed by atoms with van der Waals surface area (Å²) >= 11 is 1.54. The fraction of sp³-hybridized carbons (Fsp3) is 0.444. The number of thiophene rings is 1. The maximum Gasteiger partial charge on any atom is 0.335 e. The zero-order valence-electron chi connectivity index (χ0n) is 7.61. The monoisotopic (exact) mass is 200 g/mol. The third kappa shape index (κ3) is 2.54. The molecule has 1 aromatic heterocycles. The molecule has 1 heterocycles. The van der Waals surface area contributed by atoms with Crippen LogP contribution in [0.15, 0.2) is 11.4 Å². The average Bonchev–Trinajstić information content (AvgIpc) is 2.50. The van der Waals surface area contributed by atoms with Crippen molar-refractivity contribution in [2.75, 3.05) is 7.11 Å². The largest absolute Gasteiger partial charge is 0.467 e. The van der Waals surface area contributed by atoms with Gasteiger partial charge in [0.2, 0.25) is 0 Å². The van der Waals surface area contributed by atoms with Crippen LogP contribution in [-0.4, -0.2) is 24.3 Å². The molecule has 1 N–H and O–H groups in total. The highest BCUT2D eigenvalue weighted by molar-refractivity contribution is 7.10. The molecule has 4 heteroatoms. The number of aryl methyl sites for hydroxylation is 1. The summed E-state index contributed by atoms with van der Waals surface area (Å²) in [6.45, 7) is 1.95. The van der Waals surface area contributed by atoms with Gasteiger partial charge in [0, 0.05) is 11.3 Å². The molecule has 1 rings (SSSR count). The Balaban J connectivity index is 2.59. The lowest BCUT2D eigenvalue weighted by atomic mass is 10.1. The Labute approximate surface area is 81.0 Å². The Hall–Kier alpha value is -0.870. The molecule has 1 unspecified atom stereocenters. The van der Waals surface area contributed by atoms with E-state index < -0.39 is 12.1 Å². The highest BCUT2D eigenvalue weighted by atomic mass is 32.1. The van der Waals surface area contributed by atoms with E-state index >= 15 is 0 Å². The van der Waals surface area contributed by atoms with Crippen LogP contribution in [0.3, 0.4) is 0 Å². The van der Waals surface area contributed by atoms with E-state index in [0.717, 1.165) is 10.4 Å². The number of rotatable bonds is 3. The van der Waals surface area contributed by atoms with E-state index in [1.807, 2.05) is 18.4 Å². The number of carbonyl (C=O) groups excluding carboxylic acids is 1. The van der Waals surface area contributed by atoms with Crippen molar-refractivity contribution in [2.24, 2.45) is 0 Å². The first kappa shape index (κ1) is 10.2. The third-order valence-electron chi connectivity index (χ3n) is 1.82. The maximum absolute atomic E-state index is 10.9. The Bertz CT molecular complexity index is 293. The first-order valence-electron chi connectivity index (χ1n) is 3.94. The molecule has 3 nitrogen and oxygen atoms in total. The van der Waals surface area contributed by atoms with Crippen molar-refractivity contribution in [3.63, 3.8) is 0 Å². The lowest BCUT2D eigenvalue weighted by Gasteiger charge is -2.06. The molecule has 0 aliphatic heterocycles. The van der Waals surface area contributed by atoms with Crippen LogP contribution in [0.25, 0.3) is 0 Å². The molecule has 0 radical (unpaired) electrons. The number of ether oxygens (including phenoxy) is 1. The molecule has 0 aliphatic rings. The number of hydrogen-bond acceptors (Lipinski definition) is 4. The molecule has 1 atom stereocenters. The normalized spacial score (nSPS) is 12.5. The maximum atomic E-state index is 10.9. The zero-order valence-corrected chi connectivity index (χ0v) is 8.43. The van der Waals surface area contributed by atoms with E-state index in [4.69, 9.17) is 0 Å². The van der Waals surface area contributed by atoms with Crippen LogP contribution in [0, 0.1) is 6.92 Å². The topological polar surface area (TPSA) is 46.5 Å². The van der Waals surface area contributed by atoms with E-state index in [1.54, 1.807) is 0 Å². The van der Waals surface area contributed by atoms with E-state index in [0.29, 0.717) is 6.42 Å². The highest BCUT2D eigenvalue weighted by Gasteiger charge is 2.17. The van der Waals surface area contributed by atoms with Gasteiger partial charge in [-0.05, 0) is 23.9 Å². The first-order chi connectivity index (χ1) is 6.15. The van der Waals surface area contributed by atoms with Crippen LogP contribution >= 0.6 is 11.3 Å². The molecule has 0 spiro atoms. The Morgan fingerprint density at radius 1 is 1.77 bits per heavy atom. The van der Waals surface area contributed by atoms with Gasteiger partial charge in [-0.15, -0.1) is 11.3 Å². The molecule has 72 valence electrons. The summed E-state index contributed by atoms with van der Waals surface area (Å²) < 4.78 is 4.42. The van der Waals surface area contributed by atoms with Gasteiger partial charge in [0.1, 0.15) is 0 Å². The average molecular weight is 200 g/mol. The minimum atomic E-state index is -1.04. The SMILES string of the molecule is COC(=O)C(O)Cc1sccc1C. The quantitative estimate of drug-likeness (QED) is 0.744. The van der Waals surface area contributed by atoms with Crippen LogP contribution < -0.4 is 0 Å². The lowest BCUT2D eigenvalue weighted by molar-refractivity contribution is -0.150. The van der Waals surface area contributed by atoms with Crippen LogP contribution in [0.1, 0.15) is 10.4 Å². The molecule has 0 fully saturated rings. The van der Waals surface area contributed by atoms with Crippen molar-refractivity contribution in [2.45, 2.75) is 19.4 Å². The molecular formula is C9H12O3S. The number of esters is 1. The summed E-state index contributed by atoms with van der Waals surface area (Å²) in [5.74, 6) is -0.576. The van der Waals surface area contributed by atoms with E-state index in [1.165, 1.54) is 18.4 Å². The molecule has 0 aliphatic carbocycles. The summed E-state index contributed by atoms with van der Waals surface area (Å²) in [5, 5.41) is 11.3. The molecule has 0 saturated carbocycles. The molecular weight excluding hydrogens is 188 g/mol. The van der Waals surface area contributed by atoms with Crippen molar-refractivity contribution in [1.29, 1.82) is 0 Å². The van der Waals surface area contributed by atoms with Gasteiger partial charge in [0.15, 0.2) is 6.10 Å². The predicted octanol–water partition coefficient (Wildman–Crippen LogP) is 1.13. The van der Waals surface area contributed by atoms with Gasteiger partial charge in [-0.3, -0.25) is 0 Å². The molecule has 0 saturated heterocycles. The van der Waals surface area contributed by atoms with Crippen molar-refractivity contribution >= 4 is 17.3 Å². The number of carbonyl (C=O) groups is 1. The Kier molecular flexibility index (Phi) is 3.45. The van der Waals surface area contributed by atoms with Gasteiger partial charge in [-0.25, -0.2) is 4.79 Å². The van der Waals surface area contributed by atoms with Crippen molar-refractivity contribution in [3.05, 3.63) is 21.9 Å². The fourth-order valence-corrected chi connectivity index (χ4v) is 1.95. The van der Waals surface area contributed by atoms with Crippen LogP contribution in [0.5, 0.6) is 0 Å². The van der Waals surface area contributed by atoms with Gasteiger partial charge < -0.3 is 9.84 Å². The van der Waals surface area contributed by atoms with Crippen LogP contribution in [-0.2, 0) is 16.0 Å². The molecule has 0 amide bonds. The summed E-state index contributed by atoms with van der Waals surface area (Å²) in [6.07, 6.45) is -0.696. The van der Waals surface area contributed by atoms with E-state index in [9.17, 15) is 9.90 Å². The summed E-state index contributed by atoms with van der Waals surface area (Å²) in [6, 6.07) is 1.96. The van der Waals surface area contributed by atoms with Crippen molar-refractivity contribution in [3.8, 4) is 0 Å². The number of aliphatic hydroxyl groups excluding tert-OH is 1. The predicted molar refractivity (Wildman–Crippen MR) is 50.8 cm³/mol. The minimum absolute atomic E-state index is 0.343. The minimum Gasteiger partial charge on any atom is -0.467 e. The van der Waals surface area contributed by atoms with Crippen molar-refractivity contribution < 1.29 is 14.6 Å². The van der Waals surface area contributed by atoms with E-state index in [2.05, 4.69) is 4.74 Å². The summed E-state index contributed by atoms with van der Waals surface area (Å²) in [4.78, 5) is 11.9.